The minimum atomic E-state index is -0.381. The third-order valence-electron chi connectivity index (χ3n) is 2.98. The topological polar surface area (TPSA) is 38.3 Å². The molecule has 1 aliphatic heterocycles. The number of aryl methyl sites for hydroxylation is 1. The molecule has 1 aromatic carbocycles. The molecule has 1 unspecified atom stereocenters. The van der Waals surface area contributed by atoms with Gasteiger partial charge in [0.15, 0.2) is 0 Å². The number of carbonyl (C=O) groups is 1. The van der Waals surface area contributed by atoms with Crippen LogP contribution in [0.4, 0.5) is 10.1 Å². The van der Waals surface area contributed by atoms with E-state index in [-0.39, 0.29) is 17.8 Å². The first kappa shape index (κ1) is 13.5. The summed E-state index contributed by atoms with van der Waals surface area (Å²) in [4.78, 5) is 11.8. The fourth-order valence-electron chi connectivity index (χ4n) is 1.99. The first-order chi connectivity index (χ1) is 8.56. The fraction of sp³-hybridized carbons (Fsp3) is 0.462. The van der Waals surface area contributed by atoms with Crippen LogP contribution in [-0.2, 0) is 9.53 Å². The highest BCUT2D eigenvalue weighted by molar-refractivity contribution is 9.10. The molecule has 1 fully saturated rings. The first-order valence-corrected chi connectivity index (χ1v) is 6.72. The van der Waals surface area contributed by atoms with Crippen molar-refractivity contribution < 1.29 is 13.9 Å². The summed E-state index contributed by atoms with van der Waals surface area (Å²) >= 11 is 3.11. The Labute approximate surface area is 114 Å². The van der Waals surface area contributed by atoms with E-state index in [2.05, 4.69) is 21.2 Å². The van der Waals surface area contributed by atoms with Crippen LogP contribution in [0.15, 0.2) is 16.6 Å². The number of halogens is 2. The molecule has 1 atom stereocenters. The molecule has 1 heterocycles. The van der Waals surface area contributed by atoms with Gasteiger partial charge in [-0.3, -0.25) is 4.79 Å². The van der Waals surface area contributed by atoms with Crippen molar-refractivity contribution in [2.24, 2.45) is 0 Å². The lowest BCUT2D eigenvalue weighted by Gasteiger charge is -2.12. The molecule has 1 aromatic rings. The molecule has 3 nitrogen and oxygen atoms in total. The number of anilines is 1. The van der Waals surface area contributed by atoms with Crippen molar-refractivity contribution in [3.05, 3.63) is 28.0 Å². The van der Waals surface area contributed by atoms with Gasteiger partial charge in [-0.05, 0) is 53.4 Å². The molecule has 0 saturated carbocycles. The lowest BCUT2D eigenvalue weighted by atomic mass is 10.1. The van der Waals surface area contributed by atoms with Crippen molar-refractivity contribution in [3.8, 4) is 0 Å². The number of nitrogens with one attached hydrogen (secondary N) is 1. The number of hydrogen-bond donors (Lipinski definition) is 1. The summed E-state index contributed by atoms with van der Waals surface area (Å²) < 4.78 is 19.2. The molecule has 0 bridgehead atoms. The average Bonchev–Trinajstić information content (AvgIpc) is 2.78. The molecule has 0 radical (unpaired) electrons. The largest absolute Gasteiger partial charge is 0.378 e. The zero-order valence-corrected chi connectivity index (χ0v) is 11.7. The summed E-state index contributed by atoms with van der Waals surface area (Å²) in [5.74, 6) is -0.514. The van der Waals surface area contributed by atoms with E-state index >= 15 is 0 Å². The highest BCUT2D eigenvalue weighted by Crippen LogP contribution is 2.24. The molecule has 1 aliphatic rings. The average molecular weight is 316 g/mol. The highest BCUT2D eigenvalue weighted by atomic mass is 79.9. The van der Waals surface area contributed by atoms with Crippen molar-refractivity contribution in [2.45, 2.75) is 32.3 Å². The van der Waals surface area contributed by atoms with Gasteiger partial charge in [0, 0.05) is 12.3 Å². The van der Waals surface area contributed by atoms with E-state index in [1.165, 1.54) is 6.07 Å². The molecule has 1 N–H and O–H groups in total. The Hall–Kier alpha value is -0.940. The monoisotopic (exact) mass is 315 g/mol. The second-order valence-electron chi connectivity index (χ2n) is 4.47. The molecule has 0 aromatic heterocycles. The number of hydrogen-bond acceptors (Lipinski definition) is 2. The maximum absolute atomic E-state index is 13.4. The lowest BCUT2D eigenvalue weighted by Crippen LogP contribution is -2.19. The standard InChI is InChI=1S/C13H15BrFNO2/c1-8-5-10(14)11(15)7-12(8)16-13(17)6-9-3-2-4-18-9/h5,7,9H,2-4,6H2,1H3,(H,16,17). The molecular weight excluding hydrogens is 301 g/mol. The highest BCUT2D eigenvalue weighted by Gasteiger charge is 2.19. The van der Waals surface area contributed by atoms with Gasteiger partial charge in [0.25, 0.3) is 0 Å². The second-order valence-corrected chi connectivity index (χ2v) is 5.32. The summed E-state index contributed by atoms with van der Waals surface area (Å²) in [6, 6.07) is 2.98. The quantitative estimate of drug-likeness (QED) is 0.928. The third kappa shape index (κ3) is 3.29. The Morgan fingerprint density at radius 3 is 3.06 bits per heavy atom. The Balaban J connectivity index is 2.00. The Bertz CT molecular complexity index is 459. The van der Waals surface area contributed by atoms with Gasteiger partial charge in [-0.15, -0.1) is 0 Å². The van der Waals surface area contributed by atoms with E-state index in [9.17, 15) is 9.18 Å². The normalized spacial score (nSPS) is 18.9. The van der Waals surface area contributed by atoms with E-state index < -0.39 is 0 Å². The van der Waals surface area contributed by atoms with Gasteiger partial charge >= 0.3 is 0 Å². The number of benzene rings is 1. The van der Waals surface area contributed by atoms with Crippen molar-refractivity contribution >= 4 is 27.5 Å². The van der Waals surface area contributed by atoms with Gasteiger partial charge in [-0.25, -0.2) is 4.39 Å². The predicted molar refractivity (Wildman–Crippen MR) is 71.1 cm³/mol. The summed E-state index contributed by atoms with van der Waals surface area (Å²) in [7, 11) is 0. The van der Waals surface area contributed by atoms with Gasteiger partial charge in [0.1, 0.15) is 5.82 Å². The van der Waals surface area contributed by atoms with Crippen LogP contribution in [-0.4, -0.2) is 18.6 Å². The summed E-state index contributed by atoms with van der Waals surface area (Å²) in [5, 5.41) is 2.73. The van der Waals surface area contributed by atoms with E-state index in [1.807, 2.05) is 6.92 Å². The first-order valence-electron chi connectivity index (χ1n) is 5.93. The number of ether oxygens (including phenoxy) is 1. The minimum absolute atomic E-state index is 0.00519. The second kappa shape index (κ2) is 5.80. The third-order valence-corrected chi connectivity index (χ3v) is 3.59. The molecule has 2 rings (SSSR count). The Kier molecular flexibility index (Phi) is 4.35. The van der Waals surface area contributed by atoms with Crippen LogP contribution >= 0.6 is 15.9 Å². The van der Waals surface area contributed by atoms with Crippen LogP contribution in [0, 0.1) is 12.7 Å². The van der Waals surface area contributed by atoms with Crippen molar-refractivity contribution in [1.82, 2.24) is 0 Å². The smallest absolute Gasteiger partial charge is 0.226 e. The molecule has 98 valence electrons. The maximum Gasteiger partial charge on any atom is 0.226 e. The van der Waals surface area contributed by atoms with E-state index in [0.717, 1.165) is 25.0 Å². The molecule has 0 spiro atoms. The summed E-state index contributed by atoms with van der Waals surface area (Å²) in [6.07, 6.45) is 2.26. The van der Waals surface area contributed by atoms with Gasteiger partial charge < -0.3 is 10.1 Å². The molecule has 5 heteroatoms. The van der Waals surface area contributed by atoms with Gasteiger partial charge in [0.2, 0.25) is 5.91 Å². The van der Waals surface area contributed by atoms with E-state index in [1.54, 1.807) is 6.07 Å². The fourth-order valence-corrected chi connectivity index (χ4v) is 2.45. The van der Waals surface area contributed by atoms with Crippen molar-refractivity contribution in [1.29, 1.82) is 0 Å². The van der Waals surface area contributed by atoms with E-state index in [0.29, 0.717) is 16.6 Å². The zero-order valence-electron chi connectivity index (χ0n) is 10.1. The summed E-state index contributed by atoms with van der Waals surface area (Å²) in [6.45, 7) is 2.55. The Morgan fingerprint density at radius 1 is 1.61 bits per heavy atom. The maximum atomic E-state index is 13.4. The molecule has 0 aliphatic carbocycles. The Morgan fingerprint density at radius 2 is 2.39 bits per heavy atom. The number of carbonyl (C=O) groups excluding carboxylic acids is 1. The van der Waals surface area contributed by atoms with Crippen LogP contribution in [0.5, 0.6) is 0 Å². The predicted octanol–water partition coefficient (Wildman–Crippen LogP) is 3.40. The zero-order chi connectivity index (χ0) is 13.1. The van der Waals surface area contributed by atoms with Gasteiger partial charge in [-0.2, -0.15) is 0 Å². The van der Waals surface area contributed by atoms with Crippen molar-refractivity contribution in [3.63, 3.8) is 0 Å². The van der Waals surface area contributed by atoms with Crippen LogP contribution in [0.1, 0.15) is 24.8 Å². The molecule has 1 saturated heterocycles. The van der Waals surface area contributed by atoms with Crippen LogP contribution in [0.2, 0.25) is 0 Å². The SMILES string of the molecule is Cc1cc(Br)c(F)cc1NC(=O)CC1CCCO1. The summed E-state index contributed by atoms with van der Waals surface area (Å²) in [5.41, 5.74) is 1.34. The van der Waals surface area contributed by atoms with Crippen LogP contribution in [0.3, 0.4) is 0 Å². The lowest BCUT2D eigenvalue weighted by molar-refractivity contribution is -0.118. The molecule has 1 amide bonds. The number of amides is 1. The molecule has 18 heavy (non-hydrogen) atoms. The molecular formula is C13H15BrFNO2. The van der Waals surface area contributed by atoms with Gasteiger partial charge in [0.05, 0.1) is 17.0 Å². The number of rotatable bonds is 3. The minimum Gasteiger partial charge on any atom is -0.378 e. The van der Waals surface area contributed by atoms with E-state index in [4.69, 9.17) is 4.74 Å². The van der Waals surface area contributed by atoms with Crippen LogP contribution < -0.4 is 5.32 Å². The van der Waals surface area contributed by atoms with Crippen LogP contribution in [0.25, 0.3) is 0 Å². The van der Waals surface area contributed by atoms with Gasteiger partial charge in [-0.1, -0.05) is 0 Å². The van der Waals surface area contributed by atoms with Crippen molar-refractivity contribution in [2.75, 3.05) is 11.9 Å².